The molecule has 25 heavy (non-hydrogen) atoms. The highest BCUT2D eigenvalue weighted by Gasteiger charge is 2.29. The van der Waals surface area contributed by atoms with E-state index in [-0.39, 0.29) is 5.91 Å². The van der Waals surface area contributed by atoms with Gasteiger partial charge in [0.25, 0.3) is 5.91 Å². The van der Waals surface area contributed by atoms with E-state index in [1.54, 1.807) is 11.8 Å². The molecule has 0 spiro atoms. The average Bonchev–Trinajstić information content (AvgIpc) is 2.55. The average molecular weight is 365 g/mol. The maximum Gasteiger partial charge on any atom is 0.303 e. The summed E-state index contributed by atoms with van der Waals surface area (Å²) >= 11 is 1.64. The number of esters is 1. The first-order valence-electron chi connectivity index (χ1n) is 8.18. The number of hydrogen-bond donors (Lipinski definition) is 1. The zero-order valence-electron chi connectivity index (χ0n) is 15.3. The number of carbonyl (C=O) groups excluding carboxylic acids is 2. The number of hydroxylamine groups is 1. The molecule has 6 heteroatoms. The molecule has 1 N–H and O–H groups in total. The van der Waals surface area contributed by atoms with Crippen LogP contribution in [0.2, 0.25) is 0 Å². The lowest BCUT2D eigenvalue weighted by molar-refractivity contribution is -0.158. The number of ether oxygens (including phenoxy) is 1. The zero-order valence-corrected chi connectivity index (χ0v) is 16.1. The highest BCUT2D eigenvalue weighted by atomic mass is 32.2. The van der Waals surface area contributed by atoms with E-state index >= 15 is 0 Å². The Kier molecular flexibility index (Phi) is 8.72. The van der Waals surface area contributed by atoms with Gasteiger partial charge in [-0.3, -0.25) is 14.4 Å². The summed E-state index contributed by atoms with van der Waals surface area (Å²) in [7, 11) is 0. The summed E-state index contributed by atoms with van der Waals surface area (Å²) in [5, 5.41) is 0. The van der Waals surface area contributed by atoms with Crippen molar-refractivity contribution in [2.45, 2.75) is 50.7 Å². The van der Waals surface area contributed by atoms with Crippen molar-refractivity contribution >= 4 is 23.6 Å². The first kappa shape index (κ1) is 21.3. The van der Waals surface area contributed by atoms with Gasteiger partial charge < -0.3 is 4.74 Å². The van der Waals surface area contributed by atoms with Crippen molar-refractivity contribution < 1.29 is 19.2 Å². The van der Waals surface area contributed by atoms with Gasteiger partial charge >= 0.3 is 5.97 Å². The standard InChI is InChI=1S/C19H27NO4S/c1-6-17(23-14(2)21)16(18(22)20-24-19(3,4)5)12-13-25-15-10-8-7-9-11-15/h6-11,16-17H,1,12-13H2,2-5H3,(H,20,22)/t16-,17-/m1/s1. The fourth-order valence-electron chi connectivity index (χ4n) is 2.03. The molecule has 5 nitrogen and oxygen atoms in total. The van der Waals surface area contributed by atoms with Crippen LogP contribution in [0.5, 0.6) is 0 Å². The predicted molar refractivity (Wildman–Crippen MR) is 100 cm³/mol. The van der Waals surface area contributed by atoms with E-state index in [4.69, 9.17) is 9.57 Å². The zero-order chi connectivity index (χ0) is 18.9. The van der Waals surface area contributed by atoms with E-state index in [2.05, 4.69) is 12.1 Å². The number of thioether (sulfide) groups is 1. The molecule has 1 aromatic rings. The largest absolute Gasteiger partial charge is 0.457 e. The van der Waals surface area contributed by atoms with Crippen LogP contribution in [0.1, 0.15) is 34.1 Å². The Labute approximate surface area is 154 Å². The van der Waals surface area contributed by atoms with Gasteiger partial charge in [-0.2, -0.15) is 0 Å². The third-order valence-electron chi connectivity index (χ3n) is 3.17. The second-order valence-electron chi connectivity index (χ2n) is 6.55. The number of rotatable bonds is 9. The molecule has 0 aliphatic rings. The van der Waals surface area contributed by atoms with E-state index in [9.17, 15) is 9.59 Å². The summed E-state index contributed by atoms with van der Waals surface area (Å²) < 4.78 is 5.23. The minimum Gasteiger partial charge on any atom is -0.457 e. The lowest BCUT2D eigenvalue weighted by Crippen LogP contribution is -2.42. The van der Waals surface area contributed by atoms with E-state index in [0.717, 1.165) is 4.90 Å². The molecule has 1 amide bonds. The smallest absolute Gasteiger partial charge is 0.303 e. The molecule has 0 aliphatic heterocycles. The number of nitrogens with one attached hydrogen (secondary N) is 1. The first-order chi connectivity index (χ1) is 11.7. The van der Waals surface area contributed by atoms with Gasteiger partial charge in [0.05, 0.1) is 11.5 Å². The Hall–Kier alpha value is -1.79. The second-order valence-corrected chi connectivity index (χ2v) is 7.72. The molecular formula is C19H27NO4S. The van der Waals surface area contributed by atoms with E-state index in [0.29, 0.717) is 12.2 Å². The van der Waals surface area contributed by atoms with Crippen LogP contribution in [0.3, 0.4) is 0 Å². The number of carbonyl (C=O) groups is 2. The number of benzene rings is 1. The van der Waals surface area contributed by atoms with Crippen molar-refractivity contribution in [3.8, 4) is 0 Å². The molecule has 0 heterocycles. The summed E-state index contributed by atoms with van der Waals surface area (Å²) in [5.41, 5.74) is 1.96. The molecule has 0 unspecified atom stereocenters. The number of hydrogen-bond acceptors (Lipinski definition) is 5. The van der Waals surface area contributed by atoms with Gasteiger partial charge in [-0.25, -0.2) is 5.48 Å². The van der Waals surface area contributed by atoms with Gasteiger partial charge in [0.2, 0.25) is 0 Å². The SMILES string of the molecule is C=C[C@@H](OC(C)=O)[C@@H](CCSc1ccccc1)C(=O)NOC(C)(C)C. The molecule has 0 fully saturated rings. The van der Waals surface area contributed by atoms with Crippen LogP contribution < -0.4 is 5.48 Å². The highest BCUT2D eigenvalue weighted by Crippen LogP contribution is 2.23. The molecule has 0 aliphatic carbocycles. The van der Waals surface area contributed by atoms with E-state index in [1.807, 2.05) is 51.1 Å². The lowest BCUT2D eigenvalue weighted by atomic mass is 9.98. The molecule has 0 bridgehead atoms. The van der Waals surface area contributed by atoms with Gasteiger partial charge in [0.15, 0.2) is 0 Å². The Morgan fingerprint density at radius 3 is 2.44 bits per heavy atom. The fourth-order valence-corrected chi connectivity index (χ4v) is 2.99. The maximum atomic E-state index is 12.5. The fraction of sp³-hybridized carbons (Fsp3) is 0.474. The van der Waals surface area contributed by atoms with Crippen LogP contribution >= 0.6 is 11.8 Å². The highest BCUT2D eigenvalue weighted by molar-refractivity contribution is 7.99. The summed E-state index contributed by atoms with van der Waals surface area (Å²) in [4.78, 5) is 30.3. The lowest BCUT2D eigenvalue weighted by Gasteiger charge is -2.26. The Bertz CT molecular complexity index is 569. The molecule has 0 saturated heterocycles. The Morgan fingerprint density at radius 1 is 1.28 bits per heavy atom. The molecule has 2 atom stereocenters. The van der Waals surface area contributed by atoms with Crippen LogP contribution in [0.4, 0.5) is 0 Å². The quantitative estimate of drug-likeness (QED) is 0.312. The molecule has 1 rings (SSSR count). The molecule has 0 saturated carbocycles. The minimum absolute atomic E-state index is 0.324. The van der Waals surface area contributed by atoms with Crippen LogP contribution in [-0.4, -0.2) is 29.3 Å². The van der Waals surface area contributed by atoms with Crippen molar-refractivity contribution in [2.75, 3.05) is 5.75 Å². The van der Waals surface area contributed by atoms with Gasteiger partial charge in [0, 0.05) is 11.8 Å². The number of amides is 1. The van der Waals surface area contributed by atoms with E-state index < -0.39 is 23.6 Å². The van der Waals surface area contributed by atoms with Crippen molar-refractivity contribution in [1.82, 2.24) is 5.48 Å². The van der Waals surface area contributed by atoms with Crippen LogP contribution in [0.25, 0.3) is 0 Å². The topological polar surface area (TPSA) is 64.6 Å². The molecule has 0 radical (unpaired) electrons. The maximum absolute atomic E-state index is 12.5. The molecule has 138 valence electrons. The van der Waals surface area contributed by atoms with E-state index in [1.165, 1.54) is 13.0 Å². The van der Waals surface area contributed by atoms with Crippen molar-refractivity contribution in [1.29, 1.82) is 0 Å². The minimum atomic E-state index is -0.697. The van der Waals surface area contributed by atoms with Crippen molar-refractivity contribution in [2.24, 2.45) is 5.92 Å². The molecular weight excluding hydrogens is 338 g/mol. The second kappa shape index (κ2) is 10.3. The van der Waals surface area contributed by atoms with Gasteiger partial charge in [0.1, 0.15) is 6.10 Å². The van der Waals surface area contributed by atoms with Gasteiger partial charge in [-0.15, -0.1) is 11.8 Å². The molecule has 1 aromatic carbocycles. The van der Waals surface area contributed by atoms with Crippen molar-refractivity contribution in [3.63, 3.8) is 0 Å². The third kappa shape index (κ3) is 8.74. The van der Waals surface area contributed by atoms with Crippen LogP contribution in [0, 0.1) is 5.92 Å². The summed E-state index contributed by atoms with van der Waals surface area (Å²) in [6, 6.07) is 9.92. The monoisotopic (exact) mass is 365 g/mol. The van der Waals surface area contributed by atoms with Gasteiger partial charge in [-0.1, -0.05) is 30.9 Å². The predicted octanol–water partition coefficient (Wildman–Crippen LogP) is 3.75. The summed E-state index contributed by atoms with van der Waals surface area (Å²) in [5.74, 6) is -0.645. The first-order valence-corrected chi connectivity index (χ1v) is 9.17. The summed E-state index contributed by atoms with van der Waals surface area (Å²) in [6.45, 7) is 10.5. The summed E-state index contributed by atoms with van der Waals surface area (Å²) in [6.07, 6.45) is 1.30. The normalized spacial score (nSPS) is 13.6. The van der Waals surface area contributed by atoms with Crippen molar-refractivity contribution in [3.05, 3.63) is 43.0 Å². The third-order valence-corrected chi connectivity index (χ3v) is 4.21. The van der Waals surface area contributed by atoms with Crippen LogP contribution in [-0.2, 0) is 19.2 Å². The molecule has 0 aromatic heterocycles. The Balaban J connectivity index is 2.73. The Morgan fingerprint density at radius 2 is 1.92 bits per heavy atom. The van der Waals surface area contributed by atoms with Crippen LogP contribution in [0.15, 0.2) is 47.9 Å². The van der Waals surface area contributed by atoms with Gasteiger partial charge in [-0.05, 0) is 45.1 Å².